The number of hydrogen-bond donors (Lipinski definition) is 2. The monoisotopic (exact) mass is 459 g/mol. The molecule has 0 aromatic heterocycles. The molecule has 2 atom stereocenters. The maximum atomic E-state index is 11.5. The Labute approximate surface area is 159 Å². The first-order valence-electron chi connectivity index (χ1n) is 8.72. The minimum atomic E-state index is -2.81. The van der Waals surface area contributed by atoms with E-state index in [4.69, 9.17) is 0 Å². The summed E-state index contributed by atoms with van der Waals surface area (Å²) in [6, 6.07) is 0.391. The molecule has 0 aromatic carbocycles. The number of aliphatic imine (C=N–C) groups is 1. The van der Waals surface area contributed by atoms with E-state index in [1.54, 1.807) is 0 Å². The third-order valence-corrected chi connectivity index (χ3v) is 5.89. The van der Waals surface area contributed by atoms with Crippen LogP contribution in [0, 0.1) is 5.92 Å². The fourth-order valence-electron chi connectivity index (χ4n) is 2.74. The van der Waals surface area contributed by atoms with Gasteiger partial charge in [0.1, 0.15) is 0 Å². The molecule has 23 heavy (non-hydrogen) atoms. The Morgan fingerprint density at radius 2 is 2.00 bits per heavy atom. The van der Waals surface area contributed by atoms with Gasteiger partial charge in [-0.1, -0.05) is 32.6 Å². The van der Waals surface area contributed by atoms with Gasteiger partial charge in [0.2, 0.25) is 0 Å². The van der Waals surface area contributed by atoms with Crippen molar-refractivity contribution in [3.63, 3.8) is 0 Å². The lowest BCUT2D eigenvalue weighted by molar-refractivity contribution is 0.534. The van der Waals surface area contributed by atoms with Crippen LogP contribution in [0.3, 0.4) is 0 Å². The van der Waals surface area contributed by atoms with E-state index in [-0.39, 0.29) is 29.9 Å². The molecule has 1 aliphatic heterocycles. The zero-order valence-corrected chi connectivity index (χ0v) is 18.0. The van der Waals surface area contributed by atoms with E-state index >= 15 is 0 Å². The maximum absolute atomic E-state index is 11.5. The largest absolute Gasteiger partial charge is 0.357 e. The van der Waals surface area contributed by atoms with Gasteiger partial charge in [0.15, 0.2) is 15.8 Å². The zero-order chi connectivity index (χ0) is 16.4. The third kappa shape index (κ3) is 10.4. The highest BCUT2D eigenvalue weighted by Crippen LogP contribution is 2.18. The maximum Gasteiger partial charge on any atom is 0.191 e. The molecule has 0 bridgehead atoms. The highest BCUT2D eigenvalue weighted by atomic mass is 127. The van der Waals surface area contributed by atoms with Crippen LogP contribution in [0.25, 0.3) is 0 Å². The summed E-state index contributed by atoms with van der Waals surface area (Å²) in [5, 5.41) is 6.68. The van der Waals surface area contributed by atoms with Gasteiger partial charge in [-0.25, -0.2) is 8.42 Å². The Morgan fingerprint density at radius 1 is 1.26 bits per heavy atom. The first-order valence-corrected chi connectivity index (χ1v) is 10.5. The molecule has 0 saturated carbocycles. The first-order chi connectivity index (χ1) is 10.5. The van der Waals surface area contributed by atoms with Crippen LogP contribution in [-0.4, -0.2) is 45.0 Å². The van der Waals surface area contributed by atoms with Crippen LogP contribution in [0.2, 0.25) is 0 Å². The average Bonchev–Trinajstić information content (AvgIpc) is 2.81. The molecule has 138 valence electrons. The molecule has 1 heterocycles. The van der Waals surface area contributed by atoms with Crippen molar-refractivity contribution >= 4 is 39.8 Å². The van der Waals surface area contributed by atoms with Gasteiger partial charge in [0, 0.05) is 19.1 Å². The number of nitrogens with one attached hydrogen (secondary N) is 2. The number of sulfone groups is 1. The summed E-state index contributed by atoms with van der Waals surface area (Å²) < 4.78 is 23.0. The topological polar surface area (TPSA) is 70.6 Å². The molecule has 0 radical (unpaired) electrons. The summed E-state index contributed by atoms with van der Waals surface area (Å²) in [6.45, 7) is 7.86. The number of hydrogen-bond acceptors (Lipinski definition) is 3. The normalized spacial score (nSPS) is 21.5. The minimum Gasteiger partial charge on any atom is -0.357 e. The second-order valence-electron chi connectivity index (χ2n) is 6.38. The van der Waals surface area contributed by atoms with Crippen LogP contribution in [-0.2, 0) is 9.84 Å². The van der Waals surface area contributed by atoms with Crippen LogP contribution in [0.1, 0.15) is 59.3 Å². The SMILES string of the molecule is CCCCCCC(C)NC(=NCC1CCS(=O)(=O)C1)NCC.I. The number of unbranched alkanes of at least 4 members (excludes halogenated alkanes) is 3. The lowest BCUT2D eigenvalue weighted by atomic mass is 10.1. The molecular formula is C16H34IN3O2S. The number of halogens is 1. The van der Waals surface area contributed by atoms with Crippen LogP contribution < -0.4 is 10.6 Å². The van der Waals surface area contributed by atoms with E-state index in [9.17, 15) is 8.42 Å². The Kier molecular flexibility index (Phi) is 12.3. The molecule has 0 amide bonds. The molecule has 1 aliphatic rings. The summed E-state index contributed by atoms with van der Waals surface area (Å²) in [5.41, 5.74) is 0. The smallest absolute Gasteiger partial charge is 0.191 e. The predicted octanol–water partition coefficient (Wildman–Crippen LogP) is 2.95. The summed E-state index contributed by atoms with van der Waals surface area (Å²) in [5.74, 6) is 1.61. The highest BCUT2D eigenvalue weighted by molar-refractivity contribution is 14.0. The van der Waals surface area contributed by atoms with E-state index < -0.39 is 9.84 Å². The van der Waals surface area contributed by atoms with E-state index in [1.165, 1.54) is 25.7 Å². The fourth-order valence-corrected chi connectivity index (χ4v) is 4.59. The second-order valence-corrected chi connectivity index (χ2v) is 8.61. The molecule has 1 rings (SSSR count). The third-order valence-electron chi connectivity index (χ3n) is 4.05. The predicted molar refractivity (Wildman–Crippen MR) is 110 cm³/mol. The van der Waals surface area contributed by atoms with Crippen molar-refractivity contribution in [3.8, 4) is 0 Å². The van der Waals surface area contributed by atoms with Gasteiger partial charge in [-0.3, -0.25) is 4.99 Å². The summed E-state index contributed by atoms with van der Waals surface area (Å²) in [4.78, 5) is 4.58. The van der Waals surface area contributed by atoms with Gasteiger partial charge in [0.25, 0.3) is 0 Å². The second kappa shape index (κ2) is 12.3. The molecular weight excluding hydrogens is 425 g/mol. The fraction of sp³-hybridized carbons (Fsp3) is 0.938. The highest BCUT2D eigenvalue weighted by Gasteiger charge is 2.27. The van der Waals surface area contributed by atoms with Gasteiger partial charge in [-0.05, 0) is 32.6 Å². The summed E-state index contributed by atoms with van der Waals surface area (Å²) in [7, 11) is -2.81. The average molecular weight is 459 g/mol. The lowest BCUT2D eigenvalue weighted by Gasteiger charge is -2.18. The molecule has 1 fully saturated rings. The zero-order valence-electron chi connectivity index (χ0n) is 14.8. The quantitative estimate of drug-likeness (QED) is 0.241. The molecule has 0 aliphatic carbocycles. The van der Waals surface area contributed by atoms with E-state index in [2.05, 4.69) is 29.5 Å². The van der Waals surface area contributed by atoms with Crippen LogP contribution >= 0.6 is 24.0 Å². The lowest BCUT2D eigenvalue weighted by Crippen LogP contribution is -2.42. The number of rotatable bonds is 9. The first kappa shape index (κ1) is 22.9. The van der Waals surface area contributed by atoms with Crippen molar-refractivity contribution in [2.24, 2.45) is 10.9 Å². The van der Waals surface area contributed by atoms with Crippen molar-refractivity contribution in [2.45, 2.75) is 65.3 Å². The van der Waals surface area contributed by atoms with Crippen LogP contribution in [0.15, 0.2) is 4.99 Å². The molecule has 5 nitrogen and oxygen atoms in total. The Balaban J connectivity index is 0.00000484. The summed E-state index contributed by atoms with van der Waals surface area (Å²) in [6.07, 6.45) is 6.98. The van der Waals surface area contributed by atoms with Crippen LogP contribution in [0.5, 0.6) is 0 Å². The summed E-state index contributed by atoms with van der Waals surface area (Å²) >= 11 is 0. The van der Waals surface area contributed by atoms with Gasteiger partial charge < -0.3 is 10.6 Å². The van der Waals surface area contributed by atoms with Crippen molar-refractivity contribution < 1.29 is 8.42 Å². The number of guanidine groups is 1. The molecule has 0 aromatic rings. The van der Waals surface area contributed by atoms with Gasteiger partial charge in [0.05, 0.1) is 11.5 Å². The van der Waals surface area contributed by atoms with Crippen molar-refractivity contribution in [3.05, 3.63) is 0 Å². The van der Waals surface area contributed by atoms with Gasteiger partial charge in [-0.2, -0.15) is 0 Å². The molecule has 0 spiro atoms. The molecule has 2 unspecified atom stereocenters. The van der Waals surface area contributed by atoms with Gasteiger partial charge >= 0.3 is 0 Å². The minimum absolute atomic E-state index is 0. The molecule has 7 heteroatoms. The molecule has 2 N–H and O–H groups in total. The van der Waals surface area contributed by atoms with E-state index in [0.29, 0.717) is 24.1 Å². The molecule has 1 saturated heterocycles. The Hall–Kier alpha value is -0.0500. The Morgan fingerprint density at radius 3 is 2.57 bits per heavy atom. The Bertz CT molecular complexity index is 441. The number of nitrogens with zero attached hydrogens (tertiary/aromatic N) is 1. The van der Waals surface area contributed by atoms with Crippen molar-refractivity contribution in [1.82, 2.24) is 10.6 Å². The van der Waals surface area contributed by atoms with E-state index in [0.717, 1.165) is 25.3 Å². The van der Waals surface area contributed by atoms with E-state index in [1.807, 2.05) is 6.92 Å². The van der Waals surface area contributed by atoms with Crippen molar-refractivity contribution in [2.75, 3.05) is 24.6 Å². The van der Waals surface area contributed by atoms with Crippen molar-refractivity contribution in [1.29, 1.82) is 0 Å². The standard InChI is InChI=1S/C16H33N3O2S.HI/c1-4-6-7-8-9-14(3)19-16(17-5-2)18-12-15-10-11-22(20,21)13-15;/h14-15H,4-13H2,1-3H3,(H2,17,18,19);1H. The van der Waals surface area contributed by atoms with Crippen LogP contribution in [0.4, 0.5) is 0 Å². The van der Waals surface area contributed by atoms with Gasteiger partial charge in [-0.15, -0.1) is 24.0 Å².